The monoisotopic (exact) mass is 340 g/mol. The lowest BCUT2D eigenvalue weighted by Gasteiger charge is -2.19. The van der Waals surface area contributed by atoms with E-state index in [2.05, 4.69) is 5.32 Å². The highest BCUT2D eigenvalue weighted by Crippen LogP contribution is 2.29. The number of carbonyl (C=O) groups excluding carboxylic acids is 3. The normalized spacial score (nSPS) is 13.8. The van der Waals surface area contributed by atoms with Gasteiger partial charge in [0.2, 0.25) is 11.6 Å². The van der Waals surface area contributed by atoms with E-state index < -0.39 is 5.78 Å². The Bertz CT molecular complexity index is 903. The van der Waals surface area contributed by atoms with Crippen LogP contribution in [0.15, 0.2) is 59.3 Å². The summed E-state index contributed by atoms with van der Waals surface area (Å²) >= 11 is 6.10. The van der Waals surface area contributed by atoms with E-state index in [-0.39, 0.29) is 34.4 Å². The van der Waals surface area contributed by atoms with E-state index >= 15 is 0 Å². The zero-order valence-corrected chi connectivity index (χ0v) is 13.3. The number of halogens is 1. The molecule has 0 unspecified atom stereocenters. The highest BCUT2D eigenvalue weighted by atomic mass is 35.5. The second kappa shape index (κ2) is 6.39. The van der Waals surface area contributed by atoms with Gasteiger partial charge in [-0.15, -0.1) is 0 Å². The minimum absolute atomic E-state index is 0.00212. The van der Waals surface area contributed by atoms with Gasteiger partial charge in [0.1, 0.15) is 10.7 Å². The fourth-order valence-electron chi connectivity index (χ4n) is 2.49. The molecule has 0 radical (unpaired) electrons. The maximum absolute atomic E-state index is 12.6. The number of rotatable bonds is 4. The van der Waals surface area contributed by atoms with Gasteiger partial charge in [0.05, 0.1) is 6.54 Å². The van der Waals surface area contributed by atoms with Crippen LogP contribution >= 0.6 is 11.6 Å². The Morgan fingerprint density at radius 1 is 1.00 bits per heavy atom. The van der Waals surface area contributed by atoms with Gasteiger partial charge in [0.15, 0.2) is 5.78 Å². The fraction of sp³-hybridized carbons (Fsp3) is 0.0556. The predicted octanol–water partition coefficient (Wildman–Crippen LogP) is 2.77. The Morgan fingerprint density at radius 2 is 1.67 bits per heavy atom. The van der Waals surface area contributed by atoms with E-state index in [9.17, 15) is 14.4 Å². The second-order valence-corrected chi connectivity index (χ2v) is 5.60. The van der Waals surface area contributed by atoms with Gasteiger partial charge >= 0.3 is 0 Å². The summed E-state index contributed by atoms with van der Waals surface area (Å²) in [6, 6.07) is 13.0. The molecule has 6 heteroatoms. The molecule has 1 aliphatic carbocycles. The van der Waals surface area contributed by atoms with Gasteiger partial charge in [-0.3, -0.25) is 14.4 Å². The molecule has 0 spiro atoms. The van der Waals surface area contributed by atoms with Crippen LogP contribution in [-0.2, 0) is 0 Å². The Balaban J connectivity index is 1.99. The molecule has 2 aromatic rings. The van der Waals surface area contributed by atoms with Crippen molar-refractivity contribution < 1.29 is 14.4 Å². The number of anilines is 1. The topological polar surface area (TPSA) is 89.3 Å². The molecule has 0 saturated heterocycles. The summed E-state index contributed by atoms with van der Waals surface area (Å²) in [5, 5.41) is 2.68. The first-order valence-electron chi connectivity index (χ1n) is 7.21. The molecule has 5 nitrogen and oxygen atoms in total. The van der Waals surface area contributed by atoms with Crippen molar-refractivity contribution in [2.45, 2.75) is 0 Å². The third kappa shape index (κ3) is 2.75. The molecule has 0 heterocycles. The fourth-order valence-corrected chi connectivity index (χ4v) is 2.72. The molecule has 0 aromatic heterocycles. The van der Waals surface area contributed by atoms with Gasteiger partial charge in [-0.25, -0.2) is 0 Å². The van der Waals surface area contributed by atoms with Crippen molar-refractivity contribution >= 4 is 34.6 Å². The zero-order chi connectivity index (χ0) is 17.3. The van der Waals surface area contributed by atoms with Crippen LogP contribution in [0.25, 0.3) is 0 Å². The largest absolute Gasteiger partial charge is 0.351 e. The summed E-state index contributed by atoms with van der Waals surface area (Å²) < 4.78 is 0. The number of nitrogens with one attached hydrogen (secondary N) is 1. The number of hydrogen-bond donors (Lipinski definition) is 2. The van der Waals surface area contributed by atoms with Crippen molar-refractivity contribution in [2.24, 2.45) is 5.73 Å². The maximum atomic E-state index is 12.6. The van der Waals surface area contributed by atoms with Gasteiger partial charge in [0, 0.05) is 22.4 Å². The number of carbonyl (C=O) groups is 3. The number of Topliss-reactive ketones (excluding diaryl/α,β-unsaturated/α-hetero) is 3. The standard InChI is InChI=1S/C18H13ClN2O3/c19-15-16(18(24)13-7-2-1-6-12(13)17(15)23)21-11-5-3-4-10(8-11)14(22)9-20/h1-8,21H,9,20H2. The molecule has 3 rings (SSSR count). The highest BCUT2D eigenvalue weighted by Gasteiger charge is 2.31. The smallest absolute Gasteiger partial charge is 0.211 e. The van der Waals surface area contributed by atoms with Crippen molar-refractivity contribution in [3.63, 3.8) is 0 Å². The van der Waals surface area contributed by atoms with E-state index in [0.717, 1.165) is 0 Å². The summed E-state index contributed by atoms with van der Waals surface area (Å²) in [6.45, 7) is -0.113. The van der Waals surface area contributed by atoms with Gasteiger partial charge in [-0.1, -0.05) is 48.0 Å². The summed E-state index contributed by atoms with van der Waals surface area (Å²) in [7, 11) is 0. The van der Waals surface area contributed by atoms with Crippen LogP contribution < -0.4 is 11.1 Å². The molecule has 120 valence electrons. The van der Waals surface area contributed by atoms with E-state index in [1.807, 2.05) is 0 Å². The van der Waals surface area contributed by atoms with Crippen molar-refractivity contribution in [1.29, 1.82) is 0 Å². The molecule has 0 atom stereocenters. The molecular formula is C18H13ClN2O3. The first-order valence-corrected chi connectivity index (χ1v) is 7.59. The molecule has 1 aliphatic rings. The molecule has 0 bridgehead atoms. The maximum Gasteiger partial charge on any atom is 0.211 e. The van der Waals surface area contributed by atoms with Crippen LogP contribution in [0.4, 0.5) is 5.69 Å². The molecule has 0 aliphatic heterocycles. The first kappa shape index (κ1) is 16.1. The van der Waals surface area contributed by atoms with E-state index in [4.69, 9.17) is 17.3 Å². The summed E-state index contributed by atoms with van der Waals surface area (Å²) in [5.74, 6) is -1.01. The third-order valence-electron chi connectivity index (χ3n) is 3.70. The first-order chi connectivity index (χ1) is 11.5. The number of nitrogens with two attached hydrogens (primary N) is 1. The van der Waals surface area contributed by atoms with Crippen molar-refractivity contribution in [3.05, 3.63) is 76.0 Å². The third-order valence-corrected chi connectivity index (χ3v) is 4.06. The van der Waals surface area contributed by atoms with E-state index in [1.54, 1.807) is 48.5 Å². The van der Waals surface area contributed by atoms with Gasteiger partial charge in [-0.05, 0) is 12.1 Å². The lowest BCUT2D eigenvalue weighted by atomic mass is 9.92. The Morgan fingerprint density at radius 3 is 2.33 bits per heavy atom. The number of ketones is 3. The molecular weight excluding hydrogens is 328 g/mol. The molecule has 0 fully saturated rings. The summed E-state index contributed by atoms with van der Waals surface area (Å²) in [4.78, 5) is 36.6. The SMILES string of the molecule is NCC(=O)c1cccc(NC2=C(Cl)C(=O)c3ccccc3C2=O)c1. The van der Waals surface area contributed by atoms with Crippen LogP contribution in [0.5, 0.6) is 0 Å². The van der Waals surface area contributed by atoms with Crippen LogP contribution in [0.2, 0.25) is 0 Å². The Kier molecular flexibility index (Phi) is 4.29. The minimum atomic E-state index is -0.413. The van der Waals surface area contributed by atoms with E-state index in [1.165, 1.54) is 0 Å². The van der Waals surface area contributed by atoms with Crippen molar-refractivity contribution in [1.82, 2.24) is 0 Å². The predicted molar refractivity (Wildman–Crippen MR) is 91.4 cm³/mol. The summed E-state index contributed by atoms with van der Waals surface area (Å²) in [6.07, 6.45) is 0. The van der Waals surface area contributed by atoms with Crippen LogP contribution in [0.3, 0.4) is 0 Å². The number of benzene rings is 2. The lowest BCUT2D eigenvalue weighted by molar-refractivity contribution is 0.0982. The highest BCUT2D eigenvalue weighted by molar-refractivity contribution is 6.50. The van der Waals surface area contributed by atoms with Crippen LogP contribution in [0.1, 0.15) is 31.1 Å². The molecule has 24 heavy (non-hydrogen) atoms. The van der Waals surface area contributed by atoms with Crippen molar-refractivity contribution in [2.75, 3.05) is 11.9 Å². The lowest BCUT2D eigenvalue weighted by Crippen LogP contribution is -2.24. The van der Waals surface area contributed by atoms with Crippen LogP contribution in [0, 0.1) is 0 Å². The number of allylic oxidation sites excluding steroid dienone is 2. The van der Waals surface area contributed by atoms with Gasteiger partial charge in [0.25, 0.3) is 0 Å². The molecule has 2 aromatic carbocycles. The molecule has 0 amide bonds. The van der Waals surface area contributed by atoms with E-state index in [0.29, 0.717) is 16.8 Å². The van der Waals surface area contributed by atoms with Gasteiger partial charge < -0.3 is 11.1 Å². The Hall–Kier alpha value is -2.76. The second-order valence-electron chi connectivity index (χ2n) is 5.23. The summed E-state index contributed by atoms with van der Waals surface area (Å²) in [5.41, 5.74) is 6.82. The zero-order valence-electron chi connectivity index (χ0n) is 12.5. The quantitative estimate of drug-likeness (QED) is 0.835. The Labute approximate surface area is 143 Å². The van der Waals surface area contributed by atoms with Crippen molar-refractivity contribution in [3.8, 4) is 0 Å². The average molecular weight is 341 g/mol. The average Bonchev–Trinajstić information content (AvgIpc) is 2.63. The number of hydrogen-bond acceptors (Lipinski definition) is 5. The molecule has 3 N–H and O–H groups in total. The van der Waals surface area contributed by atoms with Crippen LogP contribution in [-0.4, -0.2) is 23.9 Å². The van der Waals surface area contributed by atoms with Gasteiger partial charge in [-0.2, -0.15) is 0 Å². The minimum Gasteiger partial charge on any atom is -0.351 e. The number of fused-ring (bicyclic) bond motifs is 1. The molecule has 0 saturated carbocycles.